The summed E-state index contributed by atoms with van der Waals surface area (Å²) in [6.45, 7) is 0. The second-order valence-electron chi connectivity index (χ2n) is 5.14. The molecule has 2 unspecified atom stereocenters. The molecule has 1 saturated carbocycles. The van der Waals surface area contributed by atoms with Crippen molar-refractivity contribution in [2.45, 2.75) is 12.3 Å². The van der Waals surface area contributed by atoms with Crippen LogP contribution in [0.25, 0.3) is 0 Å². The molecule has 0 radical (unpaired) electrons. The number of anilines is 1. The number of carbonyl (C=O) groups is 2. The Labute approximate surface area is 132 Å². The van der Waals surface area contributed by atoms with E-state index >= 15 is 0 Å². The summed E-state index contributed by atoms with van der Waals surface area (Å²) < 4.78 is 9.96. The van der Waals surface area contributed by atoms with Crippen molar-refractivity contribution < 1.29 is 18.7 Å². The molecule has 2 atom stereocenters. The van der Waals surface area contributed by atoms with Gasteiger partial charge < -0.3 is 14.5 Å². The molecule has 5 nitrogen and oxygen atoms in total. The normalized spacial score (nSPS) is 19.5. The zero-order chi connectivity index (χ0) is 15.7. The number of rotatable bonds is 4. The molecule has 1 aliphatic carbocycles. The standard InChI is InChI=1S/C16H14ClNO4/c1-21-16(20)9-4-5-12(17)13(7-9)18-15(19)11-8-10(11)14-3-2-6-22-14/h2-7,10-11H,8H2,1H3,(H,18,19). The summed E-state index contributed by atoms with van der Waals surface area (Å²) in [5.41, 5.74) is 0.736. The van der Waals surface area contributed by atoms with Crippen molar-refractivity contribution >= 4 is 29.2 Å². The van der Waals surface area contributed by atoms with Gasteiger partial charge in [-0.05, 0) is 36.8 Å². The highest BCUT2D eigenvalue weighted by molar-refractivity contribution is 6.33. The van der Waals surface area contributed by atoms with E-state index < -0.39 is 5.97 Å². The fourth-order valence-electron chi connectivity index (χ4n) is 2.39. The average Bonchev–Trinajstić information content (AvgIpc) is 3.14. The first kappa shape index (κ1) is 14.7. The van der Waals surface area contributed by atoms with E-state index in [-0.39, 0.29) is 17.7 Å². The molecule has 114 valence electrons. The number of esters is 1. The van der Waals surface area contributed by atoms with Crippen LogP contribution in [0.3, 0.4) is 0 Å². The molecule has 0 spiro atoms. The highest BCUT2D eigenvalue weighted by Gasteiger charge is 2.45. The Hall–Kier alpha value is -2.27. The lowest BCUT2D eigenvalue weighted by molar-refractivity contribution is -0.117. The maximum Gasteiger partial charge on any atom is 0.337 e. The van der Waals surface area contributed by atoms with Crippen molar-refractivity contribution in [2.75, 3.05) is 12.4 Å². The molecule has 6 heteroatoms. The highest BCUT2D eigenvalue weighted by Crippen LogP contribution is 2.48. The number of carbonyl (C=O) groups excluding carboxylic acids is 2. The first-order chi connectivity index (χ1) is 10.6. The van der Waals surface area contributed by atoms with Crippen LogP contribution < -0.4 is 5.32 Å². The second kappa shape index (κ2) is 5.85. The SMILES string of the molecule is COC(=O)c1ccc(Cl)c(NC(=O)C2CC2c2ccco2)c1. The molecule has 0 aliphatic heterocycles. The van der Waals surface area contributed by atoms with Gasteiger partial charge in [-0.15, -0.1) is 0 Å². The van der Waals surface area contributed by atoms with Gasteiger partial charge in [0.15, 0.2) is 0 Å². The number of ether oxygens (including phenoxy) is 1. The Kier molecular flexibility index (Phi) is 3.90. The smallest absolute Gasteiger partial charge is 0.337 e. The van der Waals surface area contributed by atoms with Crippen LogP contribution >= 0.6 is 11.6 Å². The Balaban J connectivity index is 1.71. The summed E-state index contributed by atoms with van der Waals surface area (Å²) in [7, 11) is 1.30. The van der Waals surface area contributed by atoms with Crippen molar-refractivity contribution in [3.8, 4) is 0 Å². The molecule has 1 N–H and O–H groups in total. The molecule has 0 bridgehead atoms. The lowest BCUT2D eigenvalue weighted by Crippen LogP contribution is -2.15. The van der Waals surface area contributed by atoms with Gasteiger partial charge in [0.05, 0.1) is 29.6 Å². The van der Waals surface area contributed by atoms with Gasteiger partial charge in [-0.3, -0.25) is 4.79 Å². The number of nitrogens with one attached hydrogen (secondary N) is 1. The number of furan rings is 1. The van der Waals surface area contributed by atoms with Crippen LogP contribution in [-0.4, -0.2) is 19.0 Å². The monoisotopic (exact) mass is 319 g/mol. The van der Waals surface area contributed by atoms with Crippen molar-refractivity contribution in [3.05, 3.63) is 52.9 Å². The first-order valence-electron chi connectivity index (χ1n) is 6.82. The summed E-state index contributed by atoms with van der Waals surface area (Å²) in [6, 6.07) is 8.28. The lowest BCUT2D eigenvalue weighted by Gasteiger charge is -2.08. The quantitative estimate of drug-likeness (QED) is 0.876. The predicted octanol–water partition coefficient (Wildman–Crippen LogP) is 3.46. The van der Waals surface area contributed by atoms with Gasteiger partial charge in [-0.25, -0.2) is 4.79 Å². The summed E-state index contributed by atoms with van der Waals surface area (Å²) in [6.07, 6.45) is 2.34. The van der Waals surface area contributed by atoms with E-state index in [1.54, 1.807) is 24.5 Å². The van der Waals surface area contributed by atoms with Gasteiger partial charge in [-0.2, -0.15) is 0 Å². The minimum absolute atomic E-state index is 0.109. The Bertz CT molecular complexity index is 711. The fourth-order valence-corrected chi connectivity index (χ4v) is 2.56. The molecular weight excluding hydrogens is 306 g/mol. The number of amides is 1. The zero-order valence-corrected chi connectivity index (χ0v) is 12.6. The molecule has 1 amide bonds. The van der Waals surface area contributed by atoms with Crippen molar-refractivity contribution in [1.29, 1.82) is 0 Å². The van der Waals surface area contributed by atoms with E-state index in [9.17, 15) is 9.59 Å². The van der Waals surface area contributed by atoms with Crippen LogP contribution in [-0.2, 0) is 9.53 Å². The fraction of sp³-hybridized carbons (Fsp3) is 0.250. The van der Waals surface area contributed by atoms with E-state index in [0.29, 0.717) is 16.3 Å². The van der Waals surface area contributed by atoms with Crippen LogP contribution in [0.5, 0.6) is 0 Å². The van der Waals surface area contributed by atoms with E-state index in [0.717, 1.165) is 12.2 Å². The number of hydrogen-bond donors (Lipinski definition) is 1. The molecule has 1 heterocycles. The topological polar surface area (TPSA) is 68.5 Å². The van der Waals surface area contributed by atoms with E-state index in [1.165, 1.54) is 13.2 Å². The van der Waals surface area contributed by atoms with Crippen LogP contribution in [0.1, 0.15) is 28.5 Å². The van der Waals surface area contributed by atoms with Crippen molar-refractivity contribution in [3.63, 3.8) is 0 Å². The molecule has 1 aliphatic rings. The molecule has 0 saturated heterocycles. The Morgan fingerprint density at radius 2 is 2.18 bits per heavy atom. The zero-order valence-electron chi connectivity index (χ0n) is 11.8. The molecular formula is C16H14ClNO4. The molecule has 3 rings (SSSR count). The summed E-state index contributed by atoms with van der Waals surface area (Å²) in [4.78, 5) is 23.8. The Morgan fingerprint density at radius 3 is 2.86 bits per heavy atom. The van der Waals surface area contributed by atoms with Gasteiger partial charge in [-0.1, -0.05) is 11.6 Å². The van der Waals surface area contributed by atoms with Gasteiger partial charge >= 0.3 is 5.97 Å². The molecule has 1 aromatic heterocycles. The van der Waals surface area contributed by atoms with E-state index in [1.807, 2.05) is 6.07 Å². The Morgan fingerprint density at radius 1 is 1.36 bits per heavy atom. The third-order valence-electron chi connectivity index (χ3n) is 3.68. The van der Waals surface area contributed by atoms with Crippen molar-refractivity contribution in [1.82, 2.24) is 0 Å². The maximum atomic E-state index is 12.3. The summed E-state index contributed by atoms with van der Waals surface area (Å²) in [5.74, 6) is 0.175. The van der Waals surface area contributed by atoms with Crippen LogP contribution in [0.2, 0.25) is 5.02 Å². The third kappa shape index (κ3) is 2.85. The van der Waals surface area contributed by atoms with E-state index in [4.69, 9.17) is 16.0 Å². The van der Waals surface area contributed by atoms with Gasteiger partial charge in [0.2, 0.25) is 5.91 Å². The minimum Gasteiger partial charge on any atom is -0.469 e. The minimum atomic E-state index is -0.480. The third-order valence-corrected chi connectivity index (χ3v) is 4.01. The average molecular weight is 320 g/mol. The number of hydrogen-bond acceptors (Lipinski definition) is 4. The number of methoxy groups -OCH3 is 1. The first-order valence-corrected chi connectivity index (χ1v) is 7.20. The van der Waals surface area contributed by atoms with Crippen molar-refractivity contribution in [2.24, 2.45) is 5.92 Å². The van der Waals surface area contributed by atoms with Gasteiger partial charge in [0.1, 0.15) is 5.76 Å². The molecule has 1 fully saturated rings. The summed E-state index contributed by atoms with van der Waals surface area (Å²) in [5, 5.41) is 3.13. The number of benzene rings is 1. The maximum absolute atomic E-state index is 12.3. The second-order valence-corrected chi connectivity index (χ2v) is 5.55. The summed E-state index contributed by atoms with van der Waals surface area (Å²) >= 11 is 6.06. The van der Waals surface area contributed by atoms with Crippen LogP contribution in [0.15, 0.2) is 41.0 Å². The number of halogens is 1. The van der Waals surface area contributed by atoms with Crippen LogP contribution in [0.4, 0.5) is 5.69 Å². The molecule has 2 aromatic rings. The molecule has 1 aromatic carbocycles. The van der Waals surface area contributed by atoms with Gasteiger partial charge in [0.25, 0.3) is 0 Å². The van der Waals surface area contributed by atoms with Crippen LogP contribution in [0, 0.1) is 5.92 Å². The highest BCUT2D eigenvalue weighted by atomic mass is 35.5. The van der Waals surface area contributed by atoms with E-state index in [2.05, 4.69) is 10.1 Å². The van der Waals surface area contributed by atoms with Gasteiger partial charge in [0, 0.05) is 11.8 Å². The molecule has 22 heavy (non-hydrogen) atoms. The lowest BCUT2D eigenvalue weighted by atomic mass is 10.2. The predicted molar refractivity (Wildman–Crippen MR) is 81.0 cm³/mol. The largest absolute Gasteiger partial charge is 0.469 e.